The molecule has 13 heteroatoms. The molecule has 11 rings (SSSR count). The van der Waals surface area contributed by atoms with E-state index < -0.39 is 23.1 Å². The van der Waals surface area contributed by atoms with E-state index in [1.54, 1.807) is 18.5 Å². The molecule has 1 saturated carbocycles. The number of aromatic nitrogens is 5. The van der Waals surface area contributed by atoms with Crippen LogP contribution in [0.15, 0.2) is 18.5 Å². The van der Waals surface area contributed by atoms with Crippen molar-refractivity contribution in [1.29, 1.82) is 0 Å². The number of alkyl halides is 1. The minimum atomic E-state index is -0.892. The van der Waals surface area contributed by atoms with Crippen molar-refractivity contribution < 1.29 is 23.4 Å². The fourth-order valence-electron chi connectivity index (χ4n) is 9.50. The van der Waals surface area contributed by atoms with E-state index in [4.69, 9.17) is 31.0 Å². The third kappa shape index (κ3) is 4.89. The van der Waals surface area contributed by atoms with Gasteiger partial charge in [0.25, 0.3) is 0 Å². The number of hydrogen-bond acceptors (Lipinski definition) is 9. The minimum Gasteiger partial charge on any atom is -0.461 e. The molecule has 10 nitrogen and oxygen atoms in total. The Morgan fingerprint density at radius 3 is 2.87 bits per heavy atom. The quantitative estimate of drug-likeness (QED) is 0.298. The molecular formula is C34H38ClF2N7O3. The zero-order valence-corrected chi connectivity index (χ0v) is 27.0. The normalized spacial score (nSPS) is 30.9. The van der Waals surface area contributed by atoms with E-state index in [0.29, 0.717) is 96.7 Å². The summed E-state index contributed by atoms with van der Waals surface area (Å²) in [5.74, 6) is -0.0252. The number of halogens is 3. The monoisotopic (exact) mass is 665 g/mol. The number of piperidine rings is 1. The van der Waals surface area contributed by atoms with Crippen molar-refractivity contribution in [3.8, 4) is 17.3 Å². The number of fused-ring (bicyclic) bond motifs is 2. The van der Waals surface area contributed by atoms with E-state index >= 15 is 4.39 Å². The molecule has 6 aliphatic heterocycles. The van der Waals surface area contributed by atoms with Gasteiger partial charge in [-0.3, -0.25) is 15.0 Å². The van der Waals surface area contributed by atoms with Crippen LogP contribution in [0, 0.1) is 11.2 Å². The van der Waals surface area contributed by atoms with Crippen LogP contribution >= 0.6 is 11.6 Å². The van der Waals surface area contributed by atoms with Gasteiger partial charge >= 0.3 is 6.01 Å². The minimum absolute atomic E-state index is 0.0644. The van der Waals surface area contributed by atoms with Crippen molar-refractivity contribution in [3.05, 3.63) is 34.9 Å². The number of anilines is 1. The van der Waals surface area contributed by atoms with Gasteiger partial charge in [0.1, 0.15) is 29.8 Å². The molecule has 3 aromatic heterocycles. The highest BCUT2D eigenvalue weighted by Crippen LogP contribution is 2.55. The topological polar surface area (TPSA) is 113 Å². The Kier molecular flexibility index (Phi) is 6.95. The lowest BCUT2D eigenvalue weighted by molar-refractivity contribution is -0.145. The molecule has 4 aromatic rings. The van der Waals surface area contributed by atoms with Crippen LogP contribution in [0.1, 0.15) is 56.9 Å². The second-order valence-corrected chi connectivity index (χ2v) is 15.0. The first kappa shape index (κ1) is 29.9. The summed E-state index contributed by atoms with van der Waals surface area (Å²) in [6, 6.07) is 1.86. The highest BCUT2D eigenvalue weighted by molar-refractivity contribution is 6.33. The van der Waals surface area contributed by atoms with Gasteiger partial charge in [-0.1, -0.05) is 11.6 Å². The Labute approximate surface area is 275 Å². The number of benzene rings is 1. The van der Waals surface area contributed by atoms with Gasteiger partial charge in [0, 0.05) is 54.8 Å². The lowest BCUT2D eigenvalue weighted by Crippen LogP contribution is -2.59. The number of aromatic amines is 1. The Morgan fingerprint density at radius 2 is 1.98 bits per heavy atom. The van der Waals surface area contributed by atoms with E-state index in [9.17, 15) is 9.50 Å². The third-order valence-corrected chi connectivity index (χ3v) is 11.8. The van der Waals surface area contributed by atoms with Crippen molar-refractivity contribution in [2.24, 2.45) is 5.41 Å². The number of aliphatic hydroxyl groups is 1. The Bertz CT molecular complexity index is 1880. The number of nitrogens with zero attached hydrogens (tertiary/aromatic N) is 6. The number of H-pyrrole nitrogens is 1. The summed E-state index contributed by atoms with van der Waals surface area (Å²) in [5.41, 5.74) is 0.884. The summed E-state index contributed by atoms with van der Waals surface area (Å²) in [6.07, 6.45) is 8.91. The van der Waals surface area contributed by atoms with Crippen molar-refractivity contribution in [1.82, 2.24) is 30.0 Å². The number of hydrogen-bond donors (Lipinski definition) is 2. The molecular weight excluding hydrogens is 628 g/mol. The van der Waals surface area contributed by atoms with Crippen LogP contribution in [0.25, 0.3) is 33.1 Å². The molecule has 0 unspecified atom stereocenters. The van der Waals surface area contributed by atoms with Crippen LogP contribution in [0.4, 0.5) is 14.6 Å². The number of rotatable bonds is 3. The Hall–Kier alpha value is -3.19. The zero-order valence-electron chi connectivity index (χ0n) is 26.2. The molecule has 4 fully saturated rings. The van der Waals surface area contributed by atoms with Crippen molar-refractivity contribution >= 4 is 39.2 Å². The molecule has 0 amide bonds. The summed E-state index contributed by atoms with van der Waals surface area (Å²) in [4.78, 5) is 18.7. The molecule has 1 aromatic carbocycles. The standard InChI is InChI=1S/C34H38ClF2N7O3/c35-24-11-25-22(14-39-42-25)26-21(24)3-9-46-10-6-34(45)16-32(17-34)4-1-7-43(18-32)30-23-13-38-29(26)27(37)28(23)40-31(41-30)47-19-33-5-2-8-44(33)15-20(36)12-33/h11,13-14,20,45H,1-10,12,15-19H2,(H,39,42)/t20-,32?,33-,34?/m1/s1. The number of ether oxygens (including phenoxy) is 2. The molecule has 47 heavy (non-hydrogen) atoms. The maximum Gasteiger partial charge on any atom is 0.319 e. The maximum absolute atomic E-state index is 17.1. The summed E-state index contributed by atoms with van der Waals surface area (Å²) in [7, 11) is 0. The van der Waals surface area contributed by atoms with E-state index in [1.807, 2.05) is 0 Å². The SMILES string of the molecule is OC12CCOCCc3c(Cl)cc4[nH]ncc4c3-c3ncc4c(nc(OC[C@]56CCCN5C[C@H](F)C6)nc4c3F)N3CCCC(C3)(C1)C2. The second kappa shape index (κ2) is 10.9. The Balaban J connectivity index is 1.20. The summed E-state index contributed by atoms with van der Waals surface area (Å²) in [5, 5.41) is 20.2. The van der Waals surface area contributed by atoms with Crippen LogP contribution in [-0.2, 0) is 11.2 Å². The molecule has 2 N–H and O–H groups in total. The largest absolute Gasteiger partial charge is 0.461 e. The maximum atomic E-state index is 17.1. The molecule has 7 aliphatic rings. The van der Waals surface area contributed by atoms with Gasteiger partial charge in [-0.05, 0) is 75.0 Å². The summed E-state index contributed by atoms with van der Waals surface area (Å²) in [6.45, 7) is 3.68. The van der Waals surface area contributed by atoms with E-state index in [1.165, 1.54) is 0 Å². The highest BCUT2D eigenvalue weighted by atomic mass is 35.5. The van der Waals surface area contributed by atoms with Gasteiger partial charge < -0.3 is 19.5 Å². The highest BCUT2D eigenvalue weighted by Gasteiger charge is 2.55. The average molecular weight is 666 g/mol. The van der Waals surface area contributed by atoms with Crippen LogP contribution in [0.5, 0.6) is 6.01 Å². The first-order valence-corrected chi connectivity index (χ1v) is 17.2. The fourth-order valence-corrected chi connectivity index (χ4v) is 9.80. The Morgan fingerprint density at radius 1 is 1.11 bits per heavy atom. The molecule has 3 saturated heterocycles. The predicted molar refractivity (Wildman–Crippen MR) is 173 cm³/mol. The molecule has 2 atom stereocenters. The second-order valence-electron chi connectivity index (χ2n) is 14.6. The van der Waals surface area contributed by atoms with Crippen LogP contribution < -0.4 is 9.64 Å². The average Bonchev–Trinajstić information content (AvgIpc) is 3.73. The molecule has 7 bridgehead atoms. The molecule has 1 spiro atoms. The lowest BCUT2D eigenvalue weighted by atomic mass is 9.55. The molecule has 248 valence electrons. The lowest BCUT2D eigenvalue weighted by Gasteiger charge is -2.57. The smallest absolute Gasteiger partial charge is 0.319 e. The van der Waals surface area contributed by atoms with Crippen LogP contribution in [0.2, 0.25) is 5.02 Å². The number of nitrogens with one attached hydrogen (secondary N) is 1. The van der Waals surface area contributed by atoms with Crippen molar-refractivity contribution in [3.63, 3.8) is 0 Å². The van der Waals surface area contributed by atoms with Crippen molar-refractivity contribution in [2.75, 3.05) is 50.9 Å². The van der Waals surface area contributed by atoms with E-state index in [0.717, 1.165) is 38.8 Å². The van der Waals surface area contributed by atoms with Crippen LogP contribution in [0.3, 0.4) is 0 Å². The zero-order chi connectivity index (χ0) is 32.0. The van der Waals surface area contributed by atoms with E-state index in [-0.39, 0.29) is 29.2 Å². The first-order valence-electron chi connectivity index (χ1n) is 16.8. The van der Waals surface area contributed by atoms with Gasteiger partial charge in [0.15, 0.2) is 5.82 Å². The van der Waals surface area contributed by atoms with Crippen LogP contribution in [-0.4, -0.2) is 98.5 Å². The van der Waals surface area contributed by atoms with Gasteiger partial charge in [-0.25, -0.2) is 8.78 Å². The van der Waals surface area contributed by atoms with Gasteiger partial charge in [-0.2, -0.15) is 15.1 Å². The number of pyridine rings is 1. The summed E-state index contributed by atoms with van der Waals surface area (Å²) >= 11 is 6.82. The predicted octanol–water partition coefficient (Wildman–Crippen LogP) is 5.39. The van der Waals surface area contributed by atoms with E-state index in [2.05, 4.69) is 25.0 Å². The van der Waals surface area contributed by atoms with Gasteiger partial charge in [-0.15, -0.1) is 0 Å². The third-order valence-electron chi connectivity index (χ3n) is 11.5. The fraction of sp³-hybridized carbons (Fsp3) is 0.588. The molecule has 9 heterocycles. The molecule has 1 aliphatic carbocycles. The van der Waals surface area contributed by atoms with Crippen molar-refractivity contribution in [2.45, 2.75) is 75.1 Å². The van der Waals surface area contributed by atoms with Gasteiger partial charge in [0.2, 0.25) is 0 Å². The molecule has 0 radical (unpaired) electrons. The summed E-state index contributed by atoms with van der Waals surface area (Å²) < 4.78 is 44.0. The first-order chi connectivity index (χ1) is 22.7. The van der Waals surface area contributed by atoms with Gasteiger partial charge in [0.05, 0.1) is 34.8 Å².